The fraction of sp³-hybridized carbons (Fsp3) is 0.350. The van der Waals surface area contributed by atoms with Gasteiger partial charge >= 0.3 is 0 Å². The largest absolute Gasteiger partial charge is 0.346 e. The molecule has 2 aromatic rings. The van der Waals surface area contributed by atoms with Crippen LogP contribution in [0.1, 0.15) is 47.8 Å². The summed E-state index contributed by atoms with van der Waals surface area (Å²) in [6.45, 7) is 4.09. The minimum atomic E-state index is -3.29. The fourth-order valence-corrected chi connectivity index (χ4v) is 4.45. The SMILES string of the molecule is CCS(=O)(=O)N1CCCc2cc(C(=O)N[C@@H](C)c3ccccc3)ccc21. The Labute approximate surface area is 155 Å². The van der Waals surface area contributed by atoms with Gasteiger partial charge in [-0.25, -0.2) is 8.42 Å². The highest BCUT2D eigenvalue weighted by atomic mass is 32.2. The lowest BCUT2D eigenvalue weighted by Gasteiger charge is -2.30. The number of aryl methyl sites for hydroxylation is 1. The summed E-state index contributed by atoms with van der Waals surface area (Å²) in [5, 5.41) is 3.00. The van der Waals surface area contributed by atoms with Gasteiger partial charge < -0.3 is 5.32 Å². The molecule has 0 saturated carbocycles. The second-order valence-electron chi connectivity index (χ2n) is 6.53. The van der Waals surface area contributed by atoms with Crippen molar-refractivity contribution >= 4 is 21.6 Å². The van der Waals surface area contributed by atoms with Crippen molar-refractivity contribution in [2.45, 2.75) is 32.7 Å². The van der Waals surface area contributed by atoms with Gasteiger partial charge in [0.2, 0.25) is 10.0 Å². The number of nitrogens with one attached hydrogen (secondary N) is 1. The van der Waals surface area contributed by atoms with E-state index in [1.807, 2.05) is 43.3 Å². The lowest BCUT2D eigenvalue weighted by molar-refractivity contribution is 0.0940. The Balaban J connectivity index is 1.81. The van der Waals surface area contributed by atoms with Gasteiger partial charge in [0.05, 0.1) is 17.5 Å². The van der Waals surface area contributed by atoms with Gasteiger partial charge in [0.15, 0.2) is 0 Å². The Morgan fingerprint density at radius 3 is 2.62 bits per heavy atom. The quantitative estimate of drug-likeness (QED) is 0.876. The number of carbonyl (C=O) groups is 1. The molecule has 2 aromatic carbocycles. The van der Waals surface area contributed by atoms with Gasteiger partial charge in [0.25, 0.3) is 5.91 Å². The highest BCUT2D eigenvalue weighted by molar-refractivity contribution is 7.92. The third-order valence-corrected chi connectivity index (χ3v) is 6.55. The number of carbonyl (C=O) groups excluding carboxylic acids is 1. The van der Waals surface area contributed by atoms with Crippen molar-refractivity contribution in [2.75, 3.05) is 16.6 Å². The zero-order valence-corrected chi connectivity index (χ0v) is 15.9. The average Bonchev–Trinajstić information content (AvgIpc) is 2.67. The van der Waals surface area contributed by atoms with Gasteiger partial charge in [-0.3, -0.25) is 9.10 Å². The molecule has 0 aliphatic carbocycles. The third-order valence-electron chi connectivity index (χ3n) is 4.77. The summed E-state index contributed by atoms with van der Waals surface area (Å²) in [5.41, 5.74) is 3.21. The van der Waals surface area contributed by atoms with Gasteiger partial charge in [-0.2, -0.15) is 0 Å². The molecule has 1 amide bonds. The Hall–Kier alpha value is -2.34. The normalized spacial score (nSPS) is 15.2. The van der Waals surface area contributed by atoms with Crippen LogP contribution in [0.5, 0.6) is 0 Å². The van der Waals surface area contributed by atoms with Crippen molar-refractivity contribution in [3.63, 3.8) is 0 Å². The topological polar surface area (TPSA) is 66.5 Å². The maximum Gasteiger partial charge on any atom is 0.251 e. The predicted molar refractivity (Wildman–Crippen MR) is 104 cm³/mol. The van der Waals surface area contributed by atoms with Gasteiger partial charge in [0, 0.05) is 12.1 Å². The minimum absolute atomic E-state index is 0.0727. The van der Waals surface area contributed by atoms with E-state index in [2.05, 4.69) is 5.32 Å². The van der Waals surface area contributed by atoms with Crippen LogP contribution >= 0.6 is 0 Å². The molecular formula is C20H24N2O3S. The van der Waals surface area contributed by atoms with E-state index < -0.39 is 10.0 Å². The molecule has 1 aliphatic rings. The highest BCUT2D eigenvalue weighted by Gasteiger charge is 2.26. The van der Waals surface area contributed by atoms with Crippen molar-refractivity contribution in [2.24, 2.45) is 0 Å². The standard InChI is InChI=1S/C20H24N2O3S/c1-3-26(24,25)22-13-7-10-17-14-18(11-12-19(17)22)20(23)21-15(2)16-8-5-4-6-9-16/h4-6,8-9,11-12,14-15H,3,7,10,13H2,1-2H3,(H,21,23)/t15-/m0/s1. The summed E-state index contributed by atoms with van der Waals surface area (Å²) in [4.78, 5) is 12.6. The van der Waals surface area contributed by atoms with Crippen molar-refractivity contribution in [3.8, 4) is 0 Å². The third kappa shape index (κ3) is 3.75. The van der Waals surface area contributed by atoms with Crippen LogP contribution in [0, 0.1) is 0 Å². The van der Waals surface area contributed by atoms with Crippen LogP contribution in [0.15, 0.2) is 48.5 Å². The summed E-state index contributed by atoms with van der Waals surface area (Å²) in [6, 6.07) is 15.0. The molecule has 1 heterocycles. The van der Waals surface area contributed by atoms with E-state index in [-0.39, 0.29) is 17.7 Å². The van der Waals surface area contributed by atoms with Gasteiger partial charge in [-0.15, -0.1) is 0 Å². The first-order valence-corrected chi connectivity index (χ1v) is 10.5. The summed E-state index contributed by atoms with van der Waals surface area (Å²) < 4.78 is 26.0. The number of sulfonamides is 1. The van der Waals surface area contributed by atoms with E-state index in [0.717, 1.165) is 24.0 Å². The zero-order valence-electron chi connectivity index (χ0n) is 15.1. The van der Waals surface area contributed by atoms with Crippen LogP contribution in [0.4, 0.5) is 5.69 Å². The number of anilines is 1. The molecule has 0 spiro atoms. The number of rotatable bonds is 5. The van der Waals surface area contributed by atoms with E-state index in [1.54, 1.807) is 19.1 Å². The molecule has 26 heavy (non-hydrogen) atoms. The van der Waals surface area contributed by atoms with Gasteiger partial charge in [-0.1, -0.05) is 30.3 Å². The lowest BCUT2D eigenvalue weighted by Crippen LogP contribution is -2.36. The fourth-order valence-electron chi connectivity index (χ4n) is 3.25. The van der Waals surface area contributed by atoms with Crippen molar-refractivity contribution in [1.82, 2.24) is 5.32 Å². The first-order valence-electron chi connectivity index (χ1n) is 8.91. The molecule has 0 bridgehead atoms. The summed E-state index contributed by atoms with van der Waals surface area (Å²) in [6.07, 6.45) is 1.54. The number of nitrogens with zero attached hydrogens (tertiary/aromatic N) is 1. The Morgan fingerprint density at radius 2 is 1.92 bits per heavy atom. The molecule has 1 N–H and O–H groups in total. The monoisotopic (exact) mass is 372 g/mol. The van der Waals surface area contributed by atoms with E-state index >= 15 is 0 Å². The summed E-state index contributed by atoms with van der Waals surface area (Å²) in [7, 11) is -3.29. The molecule has 3 rings (SSSR count). The van der Waals surface area contributed by atoms with Crippen LogP contribution in [0.2, 0.25) is 0 Å². The number of hydrogen-bond acceptors (Lipinski definition) is 3. The Morgan fingerprint density at radius 1 is 1.19 bits per heavy atom. The second kappa shape index (κ2) is 7.50. The van der Waals surface area contributed by atoms with Crippen LogP contribution in [0.3, 0.4) is 0 Å². The molecular weight excluding hydrogens is 348 g/mol. The Bertz CT molecular complexity index is 895. The summed E-state index contributed by atoms with van der Waals surface area (Å²) in [5.74, 6) is -0.0804. The molecule has 138 valence electrons. The number of amides is 1. The molecule has 0 radical (unpaired) electrons. The van der Waals surface area contributed by atoms with Crippen molar-refractivity contribution in [3.05, 3.63) is 65.2 Å². The minimum Gasteiger partial charge on any atom is -0.346 e. The molecule has 1 aliphatic heterocycles. The van der Waals surface area contributed by atoms with Gasteiger partial charge in [0.1, 0.15) is 0 Å². The van der Waals surface area contributed by atoms with E-state index in [0.29, 0.717) is 17.8 Å². The van der Waals surface area contributed by atoms with E-state index in [1.165, 1.54) is 4.31 Å². The summed E-state index contributed by atoms with van der Waals surface area (Å²) >= 11 is 0. The second-order valence-corrected chi connectivity index (χ2v) is 8.71. The lowest BCUT2D eigenvalue weighted by atomic mass is 10.00. The van der Waals surface area contributed by atoms with E-state index in [9.17, 15) is 13.2 Å². The van der Waals surface area contributed by atoms with Crippen molar-refractivity contribution in [1.29, 1.82) is 0 Å². The molecule has 6 heteroatoms. The molecule has 0 unspecified atom stereocenters. The number of fused-ring (bicyclic) bond motifs is 1. The zero-order chi connectivity index (χ0) is 18.7. The molecule has 0 saturated heterocycles. The van der Waals surface area contributed by atoms with Crippen LogP contribution in [-0.4, -0.2) is 26.6 Å². The smallest absolute Gasteiger partial charge is 0.251 e. The van der Waals surface area contributed by atoms with Crippen molar-refractivity contribution < 1.29 is 13.2 Å². The Kier molecular flexibility index (Phi) is 5.32. The molecule has 0 aromatic heterocycles. The maximum absolute atomic E-state index is 12.6. The predicted octanol–water partition coefficient (Wildman–Crippen LogP) is 3.28. The highest BCUT2D eigenvalue weighted by Crippen LogP contribution is 2.30. The van der Waals surface area contributed by atoms with Crippen LogP contribution < -0.4 is 9.62 Å². The maximum atomic E-state index is 12.6. The average molecular weight is 372 g/mol. The first-order chi connectivity index (χ1) is 12.4. The molecule has 0 fully saturated rings. The number of hydrogen-bond donors (Lipinski definition) is 1. The van der Waals surface area contributed by atoms with Crippen LogP contribution in [0.25, 0.3) is 0 Å². The van der Waals surface area contributed by atoms with Gasteiger partial charge in [-0.05, 0) is 56.0 Å². The number of benzene rings is 2. The first kappa shape index (κ1) is 18.5. The molecule has 5 nitrogen and oxygen atoms in total. The van der Waals surface area contributed by atoms with E-state index in [4.69, 9.17) is 0 Å². The molecule has 1 atom stereocenters. The van der Waals surface area contributed by atoms with Crippen LogP contribution in [-0.2, 0) is 16.4 Å².